The Labute approximate surface area is 132 Å². The van der Waals surface area contributed by atoms with Gasteiger partial charge in [-0.2, -0.15) is 0 Å². The van der Waals surface area contributed by atoms with Crippen molar-refractivity contribution in [2.24, 2.45) is 4.99 Å². The molecule has 2 aromatic rings. The van der Waals surface area contributed by atoms with Crippen molar-refractivity contribution in [3.63, 3.8) is 0 Å². The van der Waals surface area contributed by atoms with Crippen LogP contribution in [0.15, 0.2) is 52.1 Å². The number of methoxy groups -OCH3 is 1. The van der Waals surface area contributed by atoms with Gasteiger partial charge in [-0.05, 0) is 24.3 Å². The maximum absolute atomic E-state index is 13.6. The number of nitrogens with zero attached hydrogens (tertiary/aromatic N) is 1. The van der Waals surface area contributed by atoms with E-state index in [0.717, 1.165) is 0 Å². The third-order valence-corrected chi connectivity index (χ3v) is 2.82. The van der Waals surface area contributed by atoms with Crippen LogP contribution in [0.4, 0.5) is 4.39 Å². The van der Waals surface area contributed by atoms with Gasteiger partial charge in [0.2, 0.25) is 0 Å². The van der Waals surface area contributed by atoms with Gasteiger partial charge in [0.1, 0.15) is 24.7 Å². The first-order valence-corrected chi connectivity index (χ1v) is 6.95. The van der Waals surface area contributed by atoms with E-state index in [4.69, 9.17) is 13.9 Å². The Hall–Kier alpha value is -2.67. The van der Waals surface area contributed by atoms with Crippen LogP contribution in [0.25, 0.3) is 0 Å². The Bertz CT molecular complexity index is 656. The molecule has 0 saturated heterocycles. The summed E-state index contributed by atoms with van der Waals surface area (Å²) in [7, 11) is 1.53. The molecule has 0 aliphatic rings. The Balaban J connectivity index is 2.05. The lowest BCUT2D eigenvalue weighted by Gasteiger charge is -2.10. The number of benzene rings is 1. The molecule has 0 aliphatic carbocycles. The molecule has 0 radical (unpaired) electrons. The Morgan fingerprint density at radius 1 is 1.26 bits per heavy atom. The molecule has 0 spiro atoms. The smallest absolute Gasteiger partial charge is 0.292 e. The summed E-state index contributed by atoms with van der Waals surface area (Å²) in [6.07, 6.45) is 1.52. The molecule has 1 N–H and O–H groups in total. The van der Waals surface area contributed by atoms with Crippen molar-refractivity contribution in [2.75, 3.05) is 20.3 Å². The van der Waals surface area contributed by atoms with Crippen LogP contribution in [0.3, 0.4) is 0 Å². The molecule has 1 heterocycles. The standard InChI is InChI=1S/C16H17FN2O4/c1-21-9-10-23-16(18-11-12-5-4-8-22-12)19-15(20)13-6-2-3-7-14(13)17/h2-8H,9-11H2,1H3,(H,18,19,20). The molecule has 0 aliphatic heterocycles. The summed E-state index contributed by atoms with van der Waals surface area (Å²) in [6, 6.07) is 9.12. The number of aliphatic imine (C=N–C) groups is 1. The van der Waals surface area contributed by atoms with Crippen molar-refractivity contribution >= 4 is 11.9 Å². The van der Waals surface area contributed by atoms with Gasteiger partial charge in [0.05, 0.1) is 18.4 Å². The summed E-state index contributed by atoms with van der Waals surface area (Å²) in [6.45, 7) is 0.716. The summed E-state index contributed by atoms with van der Waals surface area (Å²) in [5.74, 6) is -0.649. The minimum absolute atomic E-state index is 0.0216. The molecular weight excluding hydrogens is 303 g/mol. The van der Waals surface area contributed by atoms with E-state index in [1.54, 1.807) is 18.2 Å². The molecule has 1 aromatic carbocycles. The van der Waals surface area contributed by atoms with Crippen LogP contribution in [0.1, 0.15) is 16.1 Å². The Morgan fingerprint density at radius 2 is 2.09 bits per heavy atom. The lowest BCUT2D eigenvalue weighted by Crippen LogP contribution is -2.34. The largest absolute Gasteiger partial charge is 0.467 e. The average molecular weight is 320 g/mol. The van der Waals surface area contributed by atoms with Crippen LogP contribution >= 0.6 is 0 Å². The molecule has 1 aromatic heterocycles. The maximum Gasteiger partial charge on any atom is 0.292 e. The van der Waals surface area contributed by atoms with Gasteiger partial charge in [-0.25, -0.2) is 9.38 Å². The van der Waals surface area contributed by atoms with E-state index >= 15 is 0 Å². The lowest BCUT2D eigenvalue weighted by atomic mass is 10.2. The highest BCUT2D eigenvalue weighted by Gasteiger charge is 2.14. The van der Waals surface area contributed by atoms with Gasteiger partial charge in [-0.15, -0.1) is 0 Å². The number of carbonyl (C=O) groups is 1. The monoisotopic (exact) mass is 320 g/mol. The second-order valence-electron chi connectivity index (χ2n) is 4.48. The predicted octanol–water partition coefficient (Wildman–Crippen LogP) is 2.37. The molecule has 0 saturated carbocycles. The topological polar surface area (TPSA) is 73.1 Å². The van der Waals surface area contributed by atoms with Crippen LogP contribution in [0.5, 0.6) is 0 Å². The Kier molecular flexibility index (Phi) is 6.31. The molecule has 23 heavy (non-hydrogen) atoms. The van der Waals surface area contributed by atoms with Crippen molar-refractivity contribution in [2.45, 2.75) is 6.54 Å². The first-order chi connectivity index (χ1) is 11.2. The number of hydrogen-bond donors (Lipinski definition) is 1. The number of rotatable bonds is 6. The zero-order chi connectivity index (χ0) is 16.5. The van der Waals surface area contributed by atoms with Crippen LogP contribution in [-0.2, 0) is 16.0 Å². The highest BCUT2D eigenvalue weighted by Crippen LogP contribution is 2.06. The normalized spacial score (nSPS) is 11.3. The average Bonchev–Trinajstić information content (AvgIpc) is 3.06. The van der Waals surface area contributed by atoms with E-state index in [0.29, 0.717) is 12.4 Å². The molecule has 0 unspecified atom stereocenters. The van der Waals surface area contributed by atoms with Crippen LogP contribution in [0.2, 0.25) is 0 Å². The SMILES string of the molecule is COCCOC(=NCc1ccco1)NC(=O)c1ccccc1F. The van der Waals surface area contributed by atoms with Crippen molar-refractivity contribution in [1.29, 1.82) is 0 Å². The molecule has 0 bridgehead atoms. The van der Waals surface area contributed by atoms with Gasteiger partial charge >= 0.3 is 0 Å². The first kappa shape index (κ1) is 16.7. The number of hydrogen-bond acceptors (Lipinski definition) is 5. The minimum atomic E-state index is -0.640. The molecule has 0 fully saturated rings. The minimum Gasteiger partial charge on any atom is -0.467 e. The second kappa shape index (κ2) is 8.70. The van der Waals surface area contributed by atoms with E-state index in [-0.39, 0.29) is 24.7 Å². The highest BCUT2D eigenvalue weighted by atomic mass is 19.1. The molecule has 122 valence electrons. The molecule has 0 atom stereocenters. The van der Waals surface area contributed by atoms with Gasteiger partial charge in [-0.1, -0.05) is 12.1 Å². The number of nitrogens with one attached hydrogen (secondary N) is 1. The zero-order valence-corrected chi connectivity index (χ0v) is 12.6. The fraction of sp³-hybridized carbons (Fsp3) is 0.250. The van der Waals surface area contributed by atoms with E-state index < -0.39 is 11.7 Å². The fourth-order valence-electron chi connectivity index (χ4n) is 1.71. The van der Waals surface area contributed by atoms with Gasteiger partial charge < -0.3 is 13.9 Å². The summed E-state index contributed by atoms with van der Waals surface area (Å²) in [4.78, 5) is 16.2. The van der Waals surface area contributed by atoms with Crippen molar-refractivity contribution in [3.05, 3.63) is 59.8 Å². The van der Waals surface area contributed by atoms with Gasteiger partial charge in [0.25, 0.3) is 11.9 Å². The molecule has 1 amide bonds. The number of ether oxygens (including phenoxy) is 2. The van der Waals surface area contributed by atoms with Crippen molar-refractivity contribution in [1.82, 2.24) is 5.32 Å². The maximum atomic E-state index is 13.6. The number of furan rings is 1. The lowest BCUT2D eigenvalue weighted by molar-refractivity contribution is 0.0950. The van der Waals surface area contributed by atoms with E-state index in [1.165, 1.54) is 31.6 Å². The van der Waals surface area contributed by atoms with Crippen molar-refractivity contribution in [3.8, 4) is 0 Å². The van der Waals surface area contributed by atoms with Gasteiger partial charge in [0.15, 0.2) is 0 Å². The predicted molar refractivity (Wildman–Crippen MR) is 81.5 cm³/mol. The summed E-state index contributed by atoms with van der Waals surface area (Å²) in [5, 5.41) is 2.45. The molecule has 6 nitrogen and oxygen atoms in total. The van der Waals surface area contributed by atoms with E-state index in [1.807, 2.05) is 0 Å². The number of carbonyl (C=O) groups excluding carboxylic acids is 1. The third-order valence-electron chi connectivity index (χ3n) is 2.82. The van der Waals surface area contributed by atoms with E-state index in [2.05, 4.69) is 10.3 Å². The Morgan fingerprint density at radius 3 is 2.78 bits per heavy atom. The molecule has 7 heteroatoms. The summed E-state index contributed by atoms with van der Waals surface area (Å²) >= 11 is 0. The van der Waals surface area contributed by atoms with E-state index in [9.17, 15) is 9.18 Å². The number of amides is 1. The van der Waals surface area contributed by atoms with Crippen LogP contribution in [-0.4, -0.2) is 32.3 Å². The van der Waals surface area contributed by atoms with Crippen LogP contribution < -0.4 is 5.32 Å². The first-order valence-electron chi connectivity index (χ1n) is 6.95. The second-order valence-corrected chi connectivity index (χ2v) is 4.48. The zero-order valence-electron chi connectivity index (χ0n) is 12.6. The third kappa shape index (κ3) is 5.23. The quantitative estimate of drug-likeness (QED) is 0.504. The number of halogens is 1. The summed E-state index contributed by atoms with van der Waals surface area (Å²) in [5.41, 5.74) is -0.0893. The molecule has 2 rings (SSSR count). The van der Waals surface area contributed by atoms with Crippen LogP contribution in [0, 0.1) is 5.82 Å². The van der Waals surface area contributed by atoms with Gasteiger partial charge in [0, 0.05) is 7.11 Å². The van der Waals surface area contributed by atoms with Crippen molar-refractivity contribution < 1.29 is 23.1 Å². The highest BCUT2D eigenvalue weighted by molar-refractivity contribution is 6.04. The van der Waals surface area contributed by atoms with Gasteiger partial charge in [-0.3, -0.25) is 10.1 Å². The molecular formula is C16H17FN2O4. The fourth-order valence-corrected chi connectivity index (χ4v) is 1.71. The summed E-state index contributed by atoms with van der Waals surface area (Å²) < 4.78 is 29.0. The number of amidine groups is 1.